The highest BCUT2D eigenvalue weighted by molar-refractivity contribution is 6.01. The van der Waals surface area contributed by atoms with Gasteiger partial charge >= 0.3 is 0 Å². The molecule has 1 heterocycles. The van der Waals surface area contributed by atoms with Crippen molar-refractivity contribution in [1.82, 2.24) is 10.3 Å². The van der Waals surface area contributed by atoms with E-state index in [9.17, 15) is 10.1 Å². The second-order valence-corrected chi connectivity index (χ2v) is 4.46. The molecule has 0 bridgehead atoms. The number of carbonyl (C=O) groups excluding carboxylic acids is 1. The van der Waals surface area contributed by atoms with Crippen LogP contribution in [0.15, 0.2) is 54.4 Å². The summed E-state index contributed by atoms with van der Waals surface area (Å²) in [6.07, 6.45) is 4.83. The number of nitriles is 1. The van der Waals surface area contributed by atoms with Gasteiger partial charge < -0.3 is 10.1 Å². The third-order valence-electron chi connectivity index (χ3n) is 2.98. The molecule has 1 aromatic heterocycles. The number of para-hydroxylation sites is 1. The smallest absolute Gasteiger partial charge is 0.262 e. The zero-order valence-corrected chi connectivity index (χ0v) is 12.1. The number of carbonyl (C=O) groups is 1. The number of ether oxygens (including phenoxy) is 1. The van der Waals surface area contributed by atoms with Crippen molar-refractivity contribution in [2.24, 2.45) is 0 Å². The number of amides is 1. The topological polar surface area (TPSA) is 75.0 Å². The Morgan fingerprint density at radius 1 is 1.36 bits per heavy atom. The minimum absolute atomic E-state index is 0.0217. The van der Waals surface area contributed by atoms with Crippen LogP contribution in [0, 0.1) is 11.3 Å². The lowest BCUT2D eigenvalue weighted by molar-refractivity contribution is -0.117. The molecule has 0 atom stereocenters. The first-order chi connectivity index (χ1) is 10.7. The van der Waals surface area contributed by atoms with Crippen molar-refractivity contribution in [3.63, 3.8) is 0 Å². The summed E-state index contributed by atoms with van der Waals surface area (Å²) in [5.41, 5.74) is 1.57. The van der Waals surface area contributed by atoms with Crippen molar-refractivity contribution in [2.75, 3.05) is 7.11 Å². The third-order valence-corrected chi connectivity index (χ3v) is 2.98. The molecule has 5 heteroatoms. The van der Waals surface area contributed by atoms with Gasteiger partial charge in [0, 0.05) is 24.5 Å². The van der Waals surface area contributed by atoms with E-state index in [0.717, 1.165) is 5.56 Å². The summed E-state index contributed by atoms with van der Waals surface area (Å²) in [5.74, 6) is 0.174. The van der Waals surface area contributed by atoms with Gasteiger partial charge in [-0.25, -0.2) is 0 Å². The van der Waals surface area contributed by atoms with Gasteiger partial charge in [0.15, 0.2) is 0 Å². The summed E-state index contributed by atoms with van der Waals surface area (Å²) in [6.45, 7) is 0.317. The number of pyridine rings is 1. The van der Waals surface area contributed by atoms with Crippen LogP contribution in [0.25, 0.3) is 6.08 Å². The van der Waals surface area contributed by atoms with Crippen LogP contribution in [0.4, 0.5) is 0 Å². The van der Waals surface area contributed by atoms with Crippen molar-refractivity contribution in [3.05, 3.63) is 65.5 Å². The lowest BCUT2D eigenvalue weighted by atomic mass is 10.1. The Balaban J connectivity index is 2.12. The fraction of sp³-hybridized carbons (Fsp3) is 0.118. The molecule has 0 aliphatic carbocycles. The molecular formula is C17H15N3O2. The summed E-state index contributed by atoms with van der Waals surface area (Å²) in [7, 11) is 1.54. The summed E-state index contributed by atoms with van der Waals surface area (Å²) in [6, 6.07) is 12.8. The maximum Gasteiger partial charge on any atom is 0.262 e. The lowest BCUT2D eigenvalue weighted by Crippen LogP contribution is -2.24. The molecule has 0 saturated heterocycles. The molecule has 0 spiro atoms. The molecule has 1 N–H and O–H groups in total. The van der Waals surface area contributed by atoms with Gasteiger partial charge in [-0.05, 0) is 23.8 Å². The molecule has 0 aliphatic heterocycles. The average Bonchev–Trinajstić information content (AvgIpc) is 2.58. The van der Waals surface area contributed by atoms with E-state index in [-0.39, 0.29) is 5.57 Å². The van der Waals surface area contributed by atoms with Crippen molar-refractivity contribution in [2.45, 2.75) is 6.54 Å². The lowest BCUT2D eigenvalue weighted by Gasteiger charge is -2.06. The molecule has 0 aliphatic rings. The van der Waals surface area contributed by atoms with Gasteiger partial charge in [0.2, 0.25) is 0 Å². The monoisotopic (exact) mass is 293 g/mol. The molecule has 0 fully saturated rings. The Bertz CT molecular complexity index is 718. The number of nitrogens with one attached hydrogen (secondary N) is 1. The molecular weight excluding hydrogens is 278 g/mol. The van der Waals surface area contributed by atoms with Crippen LogP contribution in [0.1, 0.15) is 11.1 Å². The van der Waals surface area contributed by atoms with E-state index in [0.29, 0.717) is 17.9 Å². The molecule has 2 aromatic rings. The quantitative estimate of drug-likeness (QED) is 0.678. The maximum absolute atomic E-state index is 12.1. The number of nitrogens with zero attached hydrogens (tertiary/aromatic N) is 2. The van der Waals surface area contributed by atoms with Crippen molar-refractivity contribution in [1.29, 1.82) is 5.26 Å². The predicted octanol–water partition coefficient (Wildman–Crippen LogP) is 2.31. The molecule has 22 heavy (non-hydrogen) atoms. The van der Waals surface area contributed by atoms with Gasteiger partial charge in [-0.15, -0.1) is 0 Å². The summed E-state index contributed by atoms with van der Waals surface area (Å²) >= 11 is 0. The summed E-state index contributed by atoms with van der Waals surface area (Å²) in [4.78, 5) is 16.1. The molecule has 1 amide bonds. The zero-order valence-electron chi connectivity index (χ0n) is 12.1. The molecule has 0 saturated carbocycles. The summed E-state index contributed by atoms with van der Waals surface area (Å²) in [5, 5.41) is 11.9. The number of hydrogen-bond acceptors (Lipinski definition) is 4. The molecule has 110 valence electrons. The maximum atomic E-state index is 12.1. The van der Waals surface area contributed by atoms with E-state index >= 15 is 0 Å². The van der Waals surface area contributed by atoms with Gasteiger partial charge in [-0.3, -0.25) is 9.78 Å². The highest BCUT2D eigenvalue weighted by Crippen LogP contribution is 2.20. The summed E-state index contributed by atoms with van der Waals surface area (Å²) < 4.78 is 5.21. The van der Waals surface area contributed by atoms with Crippen LogP contribution in [-0.4, -0.2) is 18.0 Å². The number of benzene rings is 1. The number of methoxy groups -OCH3 is 1. The van der Waals surface area contributed by atoms with Crippen LogP contribution in [0.5, 0.6) is 5.75 Å². The third kappa shape index (κ3) is 3.93. The minimum atomic E-state index is -0.433. The highest BCUT2D eigenvalue weighted by Gasteiger charge is 2.10. The highest BCUT2D eigenvalue weighted by atomic mass is 16.5. The van der Waals surface area contributed by atoms with Gasteiger partial charge in [-0.2, -0.15) is 5.26 Å². The van der Waals surface area contributed by atoms with E-state index in [2.05, 4.69) is 10.3 Å². The Hall–Kier alpha value is -3.13. The predicted molar refractivity (Wildman–Crippen MR) is 82.7 cm³/mol. The molecule has 0 unspecified atom stereocenters. The number of hydrogen-bond donors (Lipinski definition) is 1. The minimum Gasteiger partial charge on any atom is -0.496 e. The Kier molecular flexibility index (Phi) is 5.27. The standard InChI is InChI=1S/C17H15N3O2/c1-22-16-7-3-2-6-14(16)9-15(10-18)17(21)20-12-13-5-4-8-19-11-13/h2-9,11H,12H2,1H3,(H,20,21). The molecule has 5 nitrogen and oxygen atoms in total. The Morgan fingerprint density at radius 2 is 2.18 bits per heavy atom. The molecule has 0 radical (unpaired) electrons. The zero-order chi connectivity index (χ0) is 15.8. The van der Waals surface area contributed by atoms with E-state index in [1.807, 2.05) is 24.3 Å². The normalized spacial score (nSPS) is 10.6. The molecule has 2 rings (SSSR count). The largest absolute Gasteiger partial charge is 0.496 e. The van der Waals surface area contributed by atoms with Crippen LogP contribution in [0.2, 0.25) is 0 Å². The van der Waals surface area contributed by atoms with Crippen LogP contribution in [0.3, 0.4) is 0 Å². The number of aromatic nitrogens is 1. The van der Waals surface area contributed by atoms with Gasteiger partial charge in [-0.1, -0.05) is 24.3 Å². The second-order valence-electron chi connectivity index (χ2n) is 4.46. The molecule has 1 aromatic carbocycles. The first kappa shape index (κ1) is 15.3. The van der Waals surface area contributed by atoms with Gasteiger partial charge in [0.25, 0.3) is 5.91 Å². The fourth-order valence-electron chi connectivity index (χ4n) is 1.87. The van der Waals surface area contributed by atoms with Crippen LogP contribution >= 0.6 is 0 Å². The van der Waals surface area contributed by atoms with Crippen molar-refractivity contribution in [3.8, 4) is 11.8 Å². The van der Waals surface area contributed by atoms with Crippen LogP contribution in [-0.2, 0) is 11.3 Å². The van der Waals surface area contributed by atoms with E-state index < -0.39 is 5.91 Å². The SMILES string of the molecule is COc1ccccc1C=C(C#N)C(=O)NCc1cccnc1. The van der Waals surface area contributed by atoms with E-state index in [1.165, 1.54) is 6.08 Å². The van der Waals surface area contributed by atoms with Gasteiger partial charge in [0.05, 0.1) is 7.11 Å². The van der Waals surface area contributed by atoms with Gasteiger partial charge in [0.1, 0.15) is 17.4 Å². The Morgan fingerprint density at radius 3 is 2.86 bits per heavy atom. The first-order valence-corrected chi connectivity index (χ1v) is 6.66. The van der Waals surface area contributed by atoms with Crippen LogP contribution < -0.4 is 10.1 Å². The Labute approximate surface area is 128 Å². The number of rotatable bonds is 5. The second kappa shape index (κ2) is 7.60. The van der Waals surface area contributed by atoms with Crippen molar-refractivity contribution >= 4 is 12.0 Å². The van der Waals surface area contributed by atoms with E-state index in [4.69, 9.17) is 4.74 Å². The van der Waals surface area contributed by atoms with E-state index in [1.54, 1.807) is 37.7 Å². The first-order valence-electron chi connectivity index (χ1n) is 6.66. The van der Waals surface area contributed by atoms with Crippen molar-refractivity contribution < 1.29 is 9.53 Å². The fourth-order valence-corrected chi connectivity index (χ4v) is 1.87. The average molecular weight is 293 g/mol.